The lowest BCUT2D eigenvalue weighted by molar-refractivity contribution is -0.138. The van der Waals surface area contributed by atoms with Gasteiger partial charge < -0.3 is 4.74 Å². The van der Waals surface area contributed by atoms with Crippen LogP contribution in [0.15, 0.2) is 12.4 Å². The van der Waals surface area contributed by atoms with Gasteiger partial charge in [0, 0.05) is 38.8 Å². The Bertz CT molecular complexity index is 918. The fourth-order valence-electron chi connectivity index (χ4n) is 9.21. The number of fused-ring (bicyclic) bond motifs is 5. The number of ketones is 1. The van der Waals surface area contributed by atoms with Crippen molar-refractivity contribution in [2.45, 2.75) is 84.6 Å². The zero-order valence-electron chi connectivity index (χ0n) is 20.8. The Morgan fingerprint density at radius 3 is 2.70 bits per heavy atom. The van der Waals surface area contributed by atoms with Crippen LogP contribution in [0.5, 0.6) is 0 Å². The van der Waals surface area contributed by atoms with Gasteiger partial charge in [-0.15, -0.1) is 0 Å². The van der Waals surface area contributed by atoms with Crippen LogP contribution in [-0.2, 0) is 16.1 Å². The van der Waals surface area contributed by atoms with Crippen molar-refractivity contribution in [2.75, 3.05) is 13.7 Å². The van der Waals surface area contributed by atoms with Gasteiger partial charge >= 0.3 is 0 Å². The molecule has 8 unspecified atom stereocenters. The predicted molar refractivity (Wildman–Crippen MR) is 127 cm³/mol. The maximum Gasteiger partial charge on any atom is 0.138 e. The second-order valence-electron chi connectivity index (χ2n) is 12.2. The third-order valence-electron chi connectivity index (χ3n) is 10.9. The van der Waals surface area contributed by atoms with Gasteiger partial charge in [0.05, 0.1) is 11.8 Å². The molecule has 1 aromatic heterocycles. The van der Waals surface area contributed by atoms with Gasteiger partial charge in [-0.2, -0.15) is 10.4 Å². The third kappa shape index (κ3) is 3.87. The maximum absolute atomic E-state index is 13.4. The highest BCUT2D eigenvalue weighted by molar-refractivity contribution is 5.82. The average molecular weight is 452 g/mol. The predicted octanol–water partition coefficient (Wildman–Crippen LogP) is 5.64. The Hall–Kier alpha value is -1.67. The molecule has 8 atom stereocenters. The van der Waals surface area contributed by atoms with E-state index < -0.39 is 0 Å². The van der Waals surface area contributed by atoms with Crippen molar-refractivity contribution in [3.63, 3.8) is 0 Å². The number of methoxy groups -OCH3 is 1. The lowest BCUT2D eigenvalue weighted by Crippen LogP contribution is -2.54. The van der Waals surface area contributed by atoms with E-state index in [2.05, 4.69) is 25.0 Å². The van der Waals surface area contributed by atoms with Gasteiger partial charge in [0.25, 0.3) is 0 Å². The molecule has 4 aliphatic carbocycles. The number of carbonyl (C=O) groups excluding carboxylic acids is 1. The van der Waals surface area contributed by atoms with Crippen LogP contribution in [0.2, 0.25) is 0 Å². The van der Waals surface area contributed by atoms with E-state index in [9.17, 15) is 4.79 Å². The number of hydrogen-bond acceptors (Lipinski definition) is 4. The van der Waals surface area contributed by atoms with Crippen molar-refractivity contribution in [3.8, 4) is 6.07 Å². The Morgan fingerprint density at radius 2 is 1.94 bits per heavy atom. The quantitative estimate of drug-likeness (QED) is 0.562. The fraction of sp³-hybridized carbons (Fsp3) is 0.821. The molecular weight excluding hydrogens is 410 g/mol. The van der Waals surface area contributed by atoms with Crippen molar-refractivity contribution < 1.29 is 9.53 Å². The Labute approximate surface area is 199 Å². The lowest BCUT2D eigenvalue weighted by atomic mass is 9.44. The zero-order chi connectivity index (χ0) is 23.2. The molecule has 180 valence electrons. The van der Waals surface area contributed by atoms with Crippen LogP contribution in [-0.4, -0.2) is 29.3 Å². The minimum Gasteiger partial charge on any atom is -0.384 e. The van der Waals surface area contributed by atoms with Gasteiger partial charge in [0.2, 0.25) is 0 Å². The van der Waals surface area contributed by atoms with Gasteiger partial charge in [-0.1, -0.05) is 13.8 Å². The van der Waals surface area contributed by atoms with E-state index in [0.717, 1.165) is 42.6 Å². The van der Waals surface area contributed by atoms with Crippen molar-refractivity contribution in [3.05, 3.63) is 18.0 Å². The second-order valence-corrected chi connectivity index (χ2v) is 12.2. The molecule has 0 bridgehead atoms. The first kappa shape index (κ1) is 23.1. The van der Waals surface area contributed by atoms with Gasteiger partial charge in [0.15, 0.2) is 0 Å². The molecule has 5 rings (SSSR count). The first-order valence-corrected chi connectivity index (χ1v) is 13.3. The molecule has 0 aliphatic heterocycles. The van der Waals surface area contributed by atoms with Crippen LogP contribution in [0.4, 0.5) is 0 Å². The van der Waals surface area contributed by atoms with E-state index in [1.165, 1.54) is 51.4 Å². The molecule has 0 N–H and O–H groups in total. The first-order chi connectivity index (χ1) is 15.9. The number of aromatic nitrogens is 2. The van der Waals surface area contributed by atoms with E-state index in [1.807, 2.05) is 7.11 Å². The number of nitrogens with zero attached hydrogens (tertiary/aromatic N) is 3. The molecule has 1 heterocycles. The minimum atomic E-state index is 0.177. The molecular formula is C28H41N3O2. The highest BCUT2D eigenvalue weighted by Gasteiger charge is 2.61. The Kier molecular flexibility index (Phi) is 6.18. The highest BCUT2D eigenvalue weighted by atomic mass is 16.5. The van der Waals surface area contributed by atoms with Gasteiger partial charge in [-0.05, 0) is 98.2 Å². The smallest absolute Gasteiger partial charge is 0.138 e. The molecule has 5 heteroatoms. The minimum absolute atomic E-state index is 0.177. The molecule has 4 aliphatic rings. The largest absolute Gasteiger partial charge is 0.384 e. The van der Waals surface area contributed by atoms with Crippen LogP contribution in [0.1, 0.15) is 83.6 Å². The molecule has 4 saturated carbocycles. The summed E-state index contributed by atoms with van der Waals surface area (Å²) in [5.41, 5.74) is 1.24. The summed E-state index contributed by atoms with van der Waals surface area (Å²) in [6.07, 6.45) is 15.5. The number of ether oxygens (including phenoxy) is 1. The normalized spacial score (nSPS) is 42.1. The van der Waals surface area contributed by atoms with E-state index >= 15 is 0 Å². The van der Waals surface area contributed by atoms with Crippen molar-refractivity contribution in [1.82, 2.24) is 9.78 Å². The topological polar surface area (TPSA) is 67.9 Å². The van der Waals surface area contributed by atoms with E-state index in [0.29, 0.717) is 29.7 Å². The van der Waals surface area contributed by atoms with Crippen LogP contribution in [0, 0.1) is 57.7 Å². The first-order valence-electron chi connectivity index (χ1n) is 13.3. The molecule has 0 radical (unpaired) electrons. The summed E-state index contributed by atoms with van der Waals surface area (Å²) in [7, 11) is 1.85. The summed E-state index contributed by atoms with van der Waals surface area (Å²) in [5, 5.41) is 13.2. The second kappa shape index (κ2) is 8.84. The average Bonchev–Trinajstić information content (AvgIpc) is 3.41. The molecule has 4 fully saturated rings. The van der Waals surface area contributed by atoms with Gasteiger partial charge in [-0.3, -0.25) is 9.48 Å². The summed E-state index contributed by atoms with van der Waals surface area (Å²) in [5.74, 6) is 4.62. The SMILES string of the molecule is COCC1CCC2(C)C(CCC3C2CCC2(C)C(C(=O)CCn4cc(C#N)cn4)CCC32)C1. The molecule has 0 aromatic carbocycles. The van der Waals surface area contributed by atoms with E-state index in [1.54, 1.807) is 17.1 Å². The lowest BCUT2D eigenvalue weighted by Gasteiger charge is -2.61. The van der Waals surface area contributed by atoms with Crippen molar-refractivity contribution >= 4 is 5.78 Å². The summed E-state index contributed by atoms with van der Waals surface area (Å²) in [6.45, 7) is 6.60. The van der Waals surface area contributed by atoms with Crippen LogP contribution < -0.4 is 0 Å². The third-order valence-corrected chi connectivity index (χ3v) is 10.9. The number of aryl methyl sites for hydroxylation is 1. The van der Waals surface area contributed by atoms with Crippen LogP contribution >= 0.6 is 0 Å². The number of Topliss-reactive ketones (excluding diaryl/α,β-unsaturated/α-hetero) is 1. The summed E-state index contributed by atoms with van der Waals surface area (Å²) < 4.78 is 7.26. The molecule has 1 aromatic rings. The Balaban J connectivity index is 1.26. The number of rotatable bonds is 6. The van der Waals surface area contributed by atoms with Crippen LogP contribution in [0.3, 0.4) is 0 Å². The molecule has 5 nitrogen and oxygen atoms in total. The molecule has 0 spiro atoms. The van der Waals surface area contributed by atoms with E-state index in [4.69, 9.17) is 10.00 Å². The molecule has 0 saturated heterocycles. The van der Waals surface area contributed by atoms with E-state index in [-0.39, 0.29) is 11.3 Å². The zero-order valence-corrected chi connectivity index (χ0v) is 20.8. The summed E-state index contributed by atoms with van der Waals surface area (Å²) in [6, 6.07) is 2.12. The fourth-order valence-corrected chi connectivity index (χ4v) is 9.21. The number of carbonyl (C=O) groups is 1. The maximum atomic E-state index is 13.4. The standard InChI is InChI=1S/C28H41N3O2/c1-27-11-8-19(18-33-3)14-21(27)4-5-22-23-6-7-25(28(23,2)12-9-24(22)27)26(32)10-13-31-17-20(15-29)16-30-31/h16-17,19,21-25H,4-14,18H2,1-3H3. The highest BCUT2D eigenvalue weighted by Crippen LogP contribution is 2.67. The monoisotopic (exact) mass is 451 g/mol. The van der Waals surface area contributed by atoms with Crippen molar-refractivity contribution in [2.24, 2.45) is 46.3 Å². The summed E-state index contributed by atoms with van der Waals surface area (Å²) >= 11 is 0. The number of nitriles is 1. The Morgan fingerprint density at radius 1 is 1.15 bits per heavy atom. The summed E-state index contributed by atoms with van der Waals surface area (Å²) in [4.78, 5) is 13.4. The molecule has 33 heavy (non-hydrogen) atoms. The van der Waals surface area contributed by atoms with Crippen molar-refractivity contribution in [1.29, 1.82) is 5.26 Å². The van der Waals surface area contributed by atoms with Gasteiger partial charge in [0.1, 0.15) is 11.9 Å². The number of hydrogen-bond donors (Lipinski definition) is 0. The van der Waals surface area contributed by atoms with Crippen LogP contribution in [0.25, 0.3) is 0 Å². The molecule has 0 amide bonds. The van der Waals surface area contributed by atoms with Gasteiger partial charge in [-0.25, -0.2) is 0 Å².